The highest BCUT2D eigenvalue weighted by molar-refractivity contribution is 5.78. The molecule has 0 unspecified atom stereocenters. The van der Waals surface area contributed by atoms with E-state index in [0.29, 0.717) is 6.54 Å². The number of amides is 1. The van der Waals surface area contributed by atoms with E-state index in [0.717, 1.165) is 19.6 Å². The van der Waals surface area contributed by atoms with E-state index in [9.17, 15) is 4.79 Å². The van der Waals surface area contributed by atoms with Gasteiger partial charge >= 0.3 is 0 Å². The summed E-state index contributed by atoms with van der Waals surface area (Å²) in [6, 6.07) is 3.98. The SMILES string of the molecule is CN1CCN(Cc2ccncc2)CC1=O. The molecule has 0 aromatic carbocycles. The van der Waals surface area contributed by atoms with Crippen LogP contribution < -0.4 is 0 Å². The van der Waals surface area contributed by atoms with Crippen molar-refractivity contribution in [3.63, 3.8) is 0 Å². The van der Waals surface area contributed by atoms with Gasteiger partial charge in [-0.05, 0) is 17.7 Å². The Morgan fingerprint density at radius 3 is 2.73 bits per heavy atom. The molecule has 1 amide bonds. The van der Waals surface area contributed by atoms with Gasteiger partial charge in [-0.3, -0.25) is 14.7 Å². The van der Waals surface area contributed by atoms with Crippen LogP contribution in [0.25, 0.3) is 0 Å². The van der Waals surface area contributed by atoms with Gasteiger partial charge in [0.25, 0.3) is 0 Å². The van der Waals surface area contributed by atoms with E-state index in [1.54, 1.807) is 17.3 Å². The van der Waals surface area contributed by atoms with Crippen LogP contribution in [0.1, 0.15) is 5.56 Å². The number of rotatable bonds is 2. The van der Waals surface area contributed by atoms with Gasteiger partial charge in [0.05, 0.1) is 6.54 Å². The van der Waals surface area contributed by atoms with Gasteiger partial charge in [-0.15, -0.1) is 0 Å². The maximum Gasteiger partial charge on any atom is 0.236 e. The summed E-state index contributed by atoms with van der Waals surface area (Å²) >= 11 is 0. The Morgan fingerprint density at radius 1 is 1.33 bits per heavy atom. The van der Waals surface area contributed by atoms with Crippen molar-refractivity contribution in [3.8, 4) is 0 Å². The molecule has 1 aliphatic heterocycles. The predicted octanol–water partition coefficient (Wildman–Crippen LogP) is 0.356. The summed E-state index contributed by atoms with van der Waals surface area (Å²) in [5.41, 5.74) is 1.21. The molecule has 2 heterocycles. The maximum absolute atomic E-state index is 11.5. The van der Waals surface area contributed by atoms with Crippen LogP contribution in [-0.4, -0.2) is 47.4 Å². The van der Waals surface area contributed by atoms with Crippen LogP contribution in [0.5, 0.6) is 0 Å². The Morgan fingerprint density at radius 2 is 2.07 bits per heavy atom. The number of carbonyl (C=O) groups excluding carboxylic acids is 1. The highest BCUT2D eigenvalue weighted by Gasteiger charge is 2.20. The molecule has 0 radical (unpaired) electrons. The molecule has 0 N–H and O–H groups in total. The Kier molecular flexibility index (Phi) is 2.97. The van der Waals surface area contributed by atoms with E-state index in [-0.39, 0.29) is 5.91 Å². The second kappa shape index (κ2) is 4.40. The van der Waals surface area contributed by atoms with Crippen molar-refractivity contribution in [3.05, 3.63) is 30.1 Å². The molecule has 0 atom stereocenters. The van der Waals surface area contributed by atoms with Crippen LogP contribution in [0.15, 0.2) is 24.5 Å². The third-order valence-corrected chi connectivity index (χ3v) is 2.69. The molecule has 1 fully saturated rings. The first-order valence-corrected chi connectivity index (χ1v) is 5.11. The third kappa shape index (κ3) is 2.53. The lowest BCUT2D eigenvalue weighted by molar-refractivity contribution is -0.134. The number of carbonyl (C=O) groups is 1. The van der Waals surface area contributed by atoms with Crippen LogP contribution in [-0.2, 0) is 11.3 Å². The third-order valence-electron chi connectivity index (χ3n) is 2.69. The standard InChI is InChI=1S/C11H15N3O/c1-13-6-7-14(9-11(13)15)8-10-2-4-12-5-3-10/h2-5H,6-9H2,1H3. The van der Waals surface area contributed by atoms with Gasteiger partial charge in [0.1, 0.15) is 0 Å². The molecule has 1 aromatic heterocycles. The monoisotopic (exact) mass is 205 g/mol. The molecule has 1 saturated heterocycles. The zero-order valence-electron chi connectivity index (χ0n) is 8.89. The lowest BCUT2D eigenvalue weighted by Gasteiger charge is -2.31. The number of aromatic nitrogens is 1. The Labute approximate surface area is 89.5 Å². The van der Waals surface area contributed by atoms with Gasteiger partial charge in [0.2, 0.25) is 5.91 Å². The van der Waals surface area contributed by atoms with Crippen LogP contribution >= 0.6 is 0 Å². The van der Waals surface area contributed by atoms with Crippen LogP contribution in [0, 0.1) is 0 Å². The molecular weight excluding hydrogens is 190 g/mol. The van der Waals surface area contributed by atoms with Gasteiger partial charge in [-0.2, -0.15) is 0 Å². The van der Waals surface area contributed by atoms with E-state index >= 15 is 0 Å². The summed E-state index contributed by atoms with van der Waals surface area (Å²) in [7, 11) is 1.85. The molecule has 80 valence electrons. The summed E-state index contributed by atoms with van der Waals surface area (Å²) < 4.78 is 0. The van der Waals surface area contributed by atoms with E-state index in [1.165, 1.54) is 5.56 Å². The smallest absolute Gasteiger partial charge is 0.236 e. The molecule has 0 bridgehead atoms. The van der Waals surface area contributed by atoms with Crippen LogP contribution in [0.4, 0.5) is 0 Å². The molecule has 1 aromatic rings. The zero-order valence-corrected chi connectivity index (χ0v) is 8.89. The van der Waals surface area contributed by atoms with Crippen molar-refractivity contribution in [2.24, 2.45) is 0 Å². The first kappa shape index (κ1) is 10.1. The molecule has 1 aliphatic rings. The molecule has 0 aliphatic carbocycles. The van der Waals surface area contributed by atoms with Crippen molar-refractivity contribution < 1.29 is 4.79 Å². The number of hydrogen-bond donors (Lipinski definition) is 0. The quantitative estimate of drug-likeness (QED) is 0.699. The zero-order chi connectivity index (χ0) is 10.7. The number of likely N-dealkylation sites (N-methyl/N-ethyl adjacent to an activating group) is 1. The van der Waals surface area contributed by atoms with Crippen molar-refractivity contribution in [1.29, 1.82) is 0 Å². The molecule has 4 nitrogen and oxygen atoms in total. The van der Waals surface area contributed by atoms with Crippen molar-refractivity contribution in [2.45, 2.75) is 6.54 Å². The van der Waals surface area contributed by atoms with Gasteiger partial charge < -0.3 is 4.90 Å². The molecular formula is C11H15N3O. The van der Waals surface area contributed by atoms with Crippen molar-refractivity contribution in [2.75, 3.05) is 26.7 Å². The highest BCUT2D eigenvalue weighted by atomic mass is 16.2. The Hall–Kier alpha value is -1.42. The van der Waals surface area contributed by atoms with Gasteiger partial charge in [-0.1, -0.05) is 0 Å². The summed E-state index contributed by atoms with van der Waals surface area (Å²) in [5, 5.41) is 0. The fourth-order valence-electron chi connectivity index (χ4n) is 1.69. The van der Waals surface area contributed by atoms with E-state index in [2.05, 4.69) is 9.88 Å². The topological polar surface area (TPSA) is 36.4 Å². The molecule has 0 spiro atoms. The molecule has 4 heteroatoms. The first-order valence-electron chi connectivity index (χ1n) is 5.11. The summed E-state index contributed by atoms with van der Waals surface area (Å²) in [6.45, 7) is 3.13. The minimum absolute atomic E-state index is 0.204. The van der Waals surface area contributed by atoms with E-state index < -0.39 is 0 Å². The van der Waals surface area contributed by atoms with Crippen LogP contribution in [0.3, 0.4) is 0 Å². The minimum atomic E-state index is 0.204. The second-order valence-electron chi connectivity index (χ2n) is 3.88. The van der Waals surface area contributed by atoms with E-state index in [4.69, 9.17) is 0 Å². The normalized spacial score (nSPS) is 18.2. The summed E-state index contributed by atoms with van der Waals surface area (Å²) in [4.78, 5) is 19.4. The fraction of sp³-hybridized carbons (Fsp3) is 0.455. The largest absolute Gasteiger partial charge is 0.343 e. The summed E-state index contributed by atoms with van der Waals surface area (Å²) in [6.07, 6.45) is 3.57. The average Bonchev–Trinajstić information content (AvgIpc) is 2.25. The fourth-order valence-corrected chi connectivity index (χ4v) is 1.69. The van der Waals surface area contributed by atoms with E-state index in [1.807, 2.05) is 19.2 Å². The predicted molar refractivity (Wildman–Crippen MR) is 57.2 cm³/mol. The van der Waals surface area contributed by atoms with Gasteiger partial charge in [0, 0.05) is 39.1 Å². The van der Waals surface area contributed by atoms with Crippen LogP contribution in [0.2, 0.25) is 0 Å². The molecule has 2 rings (SSSR count). The average molecular weight is 205 g/mol. The van der Waals surface area contributed by atoms with Crippen molar-refractivity contribution >= 4 is 5.91 Å². The Balaban J connectivity index is 1.94. The number of pyridine rings is 1. The lowest BCUT2D eigenvalue weighted by Crippen LogP contribution is -2.47. The summed E-state index contributed by atoms with van der Waals surface area (Å²) in [5.74, 6) is 0.204. The molecule has 15 heavy (non-hydrogen) atoms. The number of piperazine rings is 1. The number of hydrogen-bond acceptors (Lipinski definition) is 3. The minimum Gasteiger partial charge on any atom is -0.343 e. The maximum atomic E-state index is 11.5. The Bertz CT molecular complexity index is 339. The van der Waals surface area contributed by atoms with Crippen molar-refractivity contribution in [1.82, 2.24) is 14.8 Å². The lowest BCUT2D eigenvalue weighted by atomic mass is 10.2. The van der Waals surface area contributed by atoms with Gasteiger partial charge in [-0.25, -0.2) is 0 Å². The molecule has 0 saturated carbocycles. The number of nitrogens with zero attached hydrogens (tertiary/aromatic N) is 3. The second-order valence-corrected chi connectivity index (χ2v) is 3.88. The first-order chi connectivity index (χ1) is 7.25. The van der Waals surface area contributed by atoms with Gasteiger partial charge in [0.15, 0.2) is 0 Å². The highest BCUT2D eigenvalue weighted by Crippen LogP contribution is 2.07.